The van der Waals surface area contributed by atoms with Crippen molar-refractivity contribution in [2.45, 2.75) is 52.7 Å². The van der Waals surface area contributed by atoms with Gasteiger partial charge in [-0.15, -0.1) is 0 Å². The van der Waals surface area contributed by atoms with Crippen LogP contribution in [-0.2, 0) is 17.1 Å². The average molecular weight is 397 g/mol. The van der Waals surface area contributed by atoms with Crippen molar-refractivity contribution >= 4 is 0 Å². The second-order valence-corrected chi connectivity index (χ2v) is 6.00. The minimum absolute atomic E-state index is 0. The van der Waals surface area contributed by atoms with Crippen LogP contribution in [0.4, 0.5) is 0 Å². The zero-order valence-corrected chi connectivity index (χ0v) is 18.3. The Hall–Kier alpha value is -0.881. The summed E-state index contributed by atoms with van der Waals surface area (Å²) < 4.78 is 0. The number of hydrogen-bond donors (Lipinski definition) is 2. The molecule has 2 aliphatic rings. The standard InChI is InChI=1S/2C5H9N2.2C4H10O.Mn/c2*1-6-3-4-7(2)5-6;2*1-3-4(2)5;/h2*3-5H,1-2H3;2*4-5H,3H2,1-2H3;/q2*-1;;;+2. The Morgan fingerprint density at radius 1 is 0.680 bits per heavy atom. The fourth-order valence-electron chi connectivity index (χ4n) is 1.15. The van der Waals surface area contributed by atoms with E-state index in [1.54, 1.807) is 13.8 Å². The number of aliphatic hydroxyl groups excluding tert-OH is 2. The van der Waals surface area contributed by atoms with Crippen LogP contribution in [0.2, 0.25) is 0 Å². The molecule has 0 saturated heterocycles. The summed E-state index contributed by atoms with van der Waals surface area (Å²) in [5.74, 6) is 0. The molecule has 0 amide bonds. The summed E-state index contributed by atoms with van der Waals surface area (Å²) >= 11 is 0. The summed E-state index contributed by atoms with van der Waals surface area (Å²) in [5, 5.41) is 16.7. The molecule has 2 aliphatic heterocycles. The van der Waals surface area contributed by atoms with Crippen LogP contribution in [0.5, 0.6) is 0 Å². The summed E-state index contributed by atoms with van der Waals surface area (Å²) in [4.78, 5) is 8.00. The first-order valence-electron chi connectivity index (χ1n) is 8.42. The van der Waals surface area contributed by atoms with Gasteiger partial charge in [-0.2, -0.15) is 13.3 Å². The van der Waals surface area contributed by atoms with Crippen LogP contribution in [0, 0.1) is 13.3 Å². The Balaban J connectivity index is -0.000000259. The Morgan fingerprint density at radius 2 is 0.840 bits per heavy atom. The van der Waals surface area contributed by atoms with E-state index in [4.69, 9.17) is 10.2 Å². The third kappa shape index (κ3) is 23.1. The summed E-state index contributed by atoms with van der Waals surface area (Å²) in [6.07, 6.45) is 9.49. The number of rotatable bonds is 2. The van der Waals surface area contributed by atoms with Crippen LogP contribution in [0.15, 0.2) is 24.8 Å². The van der Waals surface area contributed by atoms with Crippen LogP contribution in [0.25, 0.3) is 0 Å². The molecule has 2 heterocycles. The maximum atomic E-state index is 8.36. The molecule has 0 spiro atoms. The molecule has 2 unspecified atom stereocenters. The molecule has 2 atom stereocenters. The topological polar surface area (TPSA) is 53.4 Å². The molecule has 149 valence electrons. The van der Waals surface area contributed by atoms with E-state index in [2.05, 4.69) is 0 Å². The van der Waals surface area contributed by atoms with E-state index in [0.29, 0.717) is 0 Å². The van der Waals surface area contributed by atoms with Crippen LogP contribution < -0.4 is 0 Å². The molecule has 6 nitrogen and oxygen atoms in total. The third-order valence-electron chi connectivity index (χ3n) is 2.98. The largest absolute Gasteiger partial charge is 2.00 e. The molecular weight excluding hydrogens is 359 g/mol. The quantitative estimate of drug-likeness (QED) is 0.552. The van der Waals surface area contributed by atoms with Gasteiger partial charge in [0.1, 0.15) is 0 Å². The monoisotopic (exact) mass is 397 g/mol. The second-order valence-electron chi connectivity index (χ2n) is 6.00. The first kappa shape index (κ1) is 28.9. The van der Waals surface area contributed by atoms with Crippen LogP contribution in [-0.4, -0.2) is 70.2 Å². The van der Waals surface area contributed by atoms with Crippen molar-refractivity contribution in [2.24, 2.45) is 0 Å². The van der Waals surface area contributed by atoms with Gasteiger partial charge in [0.05, 0.1) is 12.2 Å². The molecule has 0 fully saturated rings. The Morgan fingerprint density at radius 3 is 0.880 bits per heavy atom. The fraction of sp³-hybridized carbons (Fsp3) is 0.667. The van der Waals surface area contributed by atoms with Crippen molar-refractivity contribution in [1.82, 2.24) is 19.6 Å². The smallest absolute Gasteiger partial charge is 0.511 e. The summed E-state index contributed by atoms with van der Waals surface area (Å²) in [5.41, 5.74) is 0. The van der Waals surface area contributed by atoms with Gasteiger partial charge >= 0.3 is 17.1 Å². The minimum atomic E-state index is -0.116. The second kappa shape index (κ2) is 17.9. The molecule has 1 radical (unpaired) electrons. The molecular formula is C18H38MnN4O2. The molecule has 0 aromatic heterocycles. The first-order valence-corrected chi connectivity index (χ1v) is 8.42. The van der Waals surface area contributed by atoms with E-state index in [0.717, 1.165) is 12.8 Å². The molecule has 0 aromatic carbocycles. The van der Waals surface area contributed by atoms with E-state index < -0.39 is 0 Å². The molecule has 0 saturated carbocycles. The number of aliphatic hydroxyl groups is 2. The van der Waals surface area contributed by atoms with Gasteiger partial charge in [0.25, 0.3) is 0 Å². The molecule has 7 heteroatoms. The van der Waals surface area contributed by atoms with Crippen molar-refractivity contribution in [2.75, 3.05) is 28.2 Å². The van der Waals surface area contributed by atoms with Crippen LogP contribution >= 0.6 is 0 Å². The average Bonchev–Trinajstić information content (AvgIpc) is 3.08. The van der Waals surface area contributed by atoms with Gasteiger partial charge in [-0.05, 0) is 79.7 Å². The molecule has 0 bridgehead atoms. The maximum absolute atomic E-state index is 8.36. The predicted octanol–water partition coefficient (Wildman–Crippen LogP) is 2.46. The maximum Gasteiger partial charge on any atom is 2.00 e. The first-order chi connectivity index (χ1) is 11.1. The predicted molar refractivity (Wildman–Crippen MR) is 102 cm³/mol. The SMILES string of the molecule is CCC(C)O.CCC(C)O.CN1C=CN(C)[CH-]1.CN1C=CN(C)[CH-]1.[Mn+2]. The van der Waals surface area contributed by atoms with Gasteiger partial charge in [-0.1, -0.05) is 13.8 Å². The van der Waals surface area contributed by atoms with Crippen molar-refractivity contribution in [3.05, 3.63) is 38.1 Å². The van der Waals surface area contributed by atoms with E-state index in [9.17, 15) is 0 Å². The number of hydrogen-bond acceptors (Lipinski definition) is 6. The minimum Gasteiger partial charge on any atom is -0.511 e. The van der Waals surface area contributed by atoms with Crippen molar-refractivity contribution < 1.29 is 27.3 Å². The van der Waals surface area contributed by atoms with Crippen LogP contribution in [0.1, 0.15) is 40.5 Å². The van der Waals surface area contributed by atoms with Gasteiger partial charge in [-0.25, -0.2) is 0 Å². The normalized spacial score (nSPS) is 16.7. The Labute approximate surface area is 166 Å². The van der Waals surface area contributed by atoms with Gasteiger partial charge in [0.15, 0.2) is 0 Å². The van der Waals surface area contributed by atoms with Crippen molar-refractivity contribution in [3.8, 4) is 0 Å². The molecule has 0 aromatic rings. The molecule has 2 rings (SSSR count). The van der Waals surface area contributed by atoms with Gasteiger partial charge in [-0.3, -0.25) is 0 Å². The fourth-order valence-corrected chi connectivity index (χ4v) is 1.15. The molecule has 2 N–H and O–H groups in total. The zero-order chi connectivity index (χ0) is 19.1. The van der Waals surface area contributed by atoms with E-state index >= 15 is 0 Å². The van der Waals surface area contributed by atoms with E-state index in [1.165, 1.54) is 0 Å². The summed E-state index contributed by atoms with van der Waals surface area (Å²) in [6.45, 7) is 11.5. The zero-order valence-electron chi connectivity index (χ0n) is 17.1. The van der Waals surface area contributed by atoms with Gasteiger partial charge < -0.3 is 29.8 Å². The van der Waals surface area contributed by atoms with Gasteiger partial charge in [0, 0.05) is 0 Å². The summed E-state index contributed by atoms with van der Waals surface area (Å²) in [7, 11) is 8.00. The summed E-state index contributed by atoms with van der Waals surface area (Å²) in [6, 6.07) is 0. The Bertz CT molecular complexity index is 287. The van der Waals surface area contributed by atoms with Crippen molar-refractivity contribution in [1.29, 1.82) is 0 Å². The third-order valence-corrected chi connectivity index (χ3v) is 2.98. The van der Waals surface area contributed by atoms with E-state index in [-0.39, 0.29) is 29.3 Å². The Kier molecular flexibility index (Phi) is 20.7. The number of nitrogens with zero attached hydrogens (tertiary/aromatic N) is 4. The van der Waals surface area contributed by atoms with Crippen molar-refractivity contribution in [3.63, 3.8) is 0 Å². The molecule has 25 heavy (non-hydrogen) atoms. The molecule has 0 aliphatic carbocycles. The van der Waals surface area contributed by atoms with Gasteiger partial charge in [0.2, 0.25) is 0 Å². The van der Waals surface area contributed by atoms with E-state index in [1.807, 2.05) is 99.8 Å². The van der Waals surface area contributed by atoms with Crippen LogP contribution in [0.3, 0.4) is 0 Å².